The third-order valence-electron chi connectivity index (χ3n) is 2.26. The molecule has 0 radical (unpaired) electrons. The molecule has 90 valence electrons. The lowest BCUT2D eigenvalue weighted by molar-refractivity contribution is 0.112. The summed E-state index contributed by atoms with van der Waals surface area (Å²) in [7, 11) is 0. The smallest absolute Gasteiger partial charge is 0.0713 e. The number of ether oxygens (including phenoxy) is 1. The topological polar surface area (TPSA) is 73.3 Å². The Morgan fingerprint density at radius 1 is 1.50 bits per heavy atom. The Balaban J connectivity index is 2.70. The first-order valence-corrected chi connectivity index (χ1v) is 5.65. The van der Waals surface area contributed by atoms with Gasteiger partial charge in [0.25, 0.3) is 0 Å². The number of nitrogens with two attached hydrogens (primary N) is 2. The molecule has 0 bridgehead atoms. The van der Waals surface area contributed by atoms with Crippen LogP contribution in [0.5, 0.6) is 0 Å². The van der Waals surface area contributed by atoms with Crippen LogP contribution in [0.15, 0.2) is 18.2 Å². The maximum atomic E-state index is 5.87. The molecule has 16 heavy (non-hydrogen) atoms. The quantitative estimate of drug-likeness (QED) is 0.309. The van der Waals surface area contributed by atoms with Gasteiger partial charge in [0.05, 0.1) is 12.6 Å². The molecule has 5 heteroatoms. The van der Waals surface area contributed by atoms with Crippen LogP contribution in [-0.4, -0.2) is 13.2 Å². The van der Waals surface area contributed by atoms with Crippen molar-refractivity contribution in [3.05, 3.63) is 28.8 Å². The Morgan fingerprint density at radius 3 is 2.81 bits per heavy atom. The van der Waals surface area contributed by atoms with Crippen molar-refractivity contribution < 1.29 is 4.74 Å². The van der Waals surface area contributed by atoms with E-state index in [4.69, 9.17) is 27.9 Å². The molecular weight excluding hydrogens is 226 g/mol. The minimum Gasteiger partial charge on any atom is -0.398 e. The molecule has 0 aromatic heterocycles. The predicted octanol–water partition coefficient (Wildman–Crippen LogP) is 1.85. The van der Waals surface area contributed by atoms with Crippen molar-refractivity contribution in [1.82, 2.24) is 5.43 Å². The summed E-state index contributed by atoms with van der Waals surface area (Å²) in [5, 5.41) is 0.617. The van der Waals surface area contributed by atoms with E-state index in [-0.39, 0.29) is 6.04 Å². The van der Waals surface area contributed by atoms with Gasteiger partial charge in [-0.3, -0.25) is 11.3 Å². The fraction of sp³-hybridized carbons (Fsp3) is 0.455. The molecule has 1 aromatic rings. The largest absolute Gasteiger partial charge is 0.398 e. The number of rotatable bonds is 6. The van der Waals surface area contributed by atoms with Gasteiger partial charge in [0.1, 0.15) is 0 Å². The van der Waals surface area contributed by atoms with Crippen LogP contribution in [0.4, 0.5) is 5.69 Å². The molecule has 0 saturated carbocycles. The first kappa shape index (κ1) is 13.3. The maximum Gasteiger partial charge on any atom is 0.0713 e. The molecule has 0 aliphatic heterocycles. The van der Waals surface area contributed by atoms with Crippen LogP contribution in [0.25, 0.3) is 0 Å². The van der Waals surface area contributed by atoms with Crippen molar-refractivity contribution in [2.45, 2.75) is 19.4 Å². The zero-order chi connectivity index (χ0) is 12.0. The number of hydrogen-bond acceptors (Lipinski definition) is 4. The molecule has 5 N–H and O–H groups in total. The second-order valence-electron chi connectivity index (χ2n) is 3.57. The Morgan fingerprint density at radius 2 is 2.25 bits per heavy atom. The van der Waals surface area contributed by atoms with Crippen molar-refractivity contribution in [3.63, 3.8) is 0 Å². The lowest BCUT2D eigenvalue weighted by Gasteiger charge is -2.18. The van der Waals surface area contributed by atoms with Crippen LogP contribution in [0.2, 0.25) is 5.02 Å². The average molecular weight is 244 g/mol. The van der Waals surface area contributed by atoms with E-state index in [9.17, 15) is 0 Å². The molecule has 0 saturated heterocycles. The number of nitrogen functional groups attached to an aromatic ring is 1. The van der Waals surface area contributed by atoms with E-state index in [0.29, 0.717) is 23.9 Å². The summed E-state index contributed by atoms with van der Waals surface area (Å²) in [4.78, 5) is 0. The summed E-state index contributed by atoms with van der Waals surface area (Å²) in [6.07, 6.45) is 0.980. The molecule has 1 rings (SSSR count). The van der Waals surface area contributed by atoms with Gasteiger partial charge in [-0.2, -0.15) is 0 Å². The maximum absolute atomic E-state index is 5.87. The third-order valence-corrected chi connectivity index (χ3v) is 2.49. The van der Waals surface area contributed by atoms with E-state index in [1.54, 1.807) is 12.1 Å². The average Bonchev–Trinajstić information content (AvgIpc) is 2.26. The Kier molecular flexibility index (Phi) is 5.55. The zero-order valence-corrected chi connectivity index (χ0v) is 10.1. The van der Waals surface area contributed by atoms with Gasteiger partial charge in [-0.1, -0.05) is 24.6 Å². The fourth-order valence-corrected chi connectivity index (χ4v) is 1.62. The monoisotopic (exact) mass is 243 g/mol. The zero-order valence-electron chi connectivity index (χ0n) is 9.37. The van der Waals surface area contributed by atoms with Gasteiger partial charge in [-0.15, -0.1) is 0 Å². The van der Waals surface area contributed by atoms with Gasteiger partial charge >= 0.3 is 0 Å². The molecule has 0 aliphatic carbocycles. The second-order valence-corrected chi connectivity index (χ2v) is 4.00. The Bertz CT molecular complexity index is 333. The third kappa shape index (κ3) is 3.64. The van der Waals surface area contributed by atoms with Gasteiger partial charge in [0.2, 0.25) is 0 Å². The van der Waals surface area contributed by atoms with Crippen LogP contribution < -0.4 is 17.0 Å². The van der Waals surface area contributed by atoms with E-state index in [2.05, 4.69) is 12.3 Å². The number of anilines is 1. The van der Waals surface area contributed by atoms with E-state index >= 15 is 0 Å². The van der Waals surface area contributed by atoms with Crippen LogP contribution in [0.1, 0.15) is 24.9 Å². The van der Waals surface area contributed by atoms with E-state index in [1.165, 1.54) is 0 Å². The number of benzene rings is 1. The highest BCUT2D eigenvalue weighted by atomic mass is 35.5. The van der Waals surface area contributed by atoms with Gasteiger partial charge in [0.15, 0.2) is 0 Å². The Labute approximate surface area is 101 Å². The molecule has 0 fully saturated rings. The minimum absolute atomic E-state index is 0.108. The molecule has 0 amide bonds. The van der Waals surface area contributed by atoms with E-state index in [1.807, 2.05) is 6.07 Å². The van der Waals surface area contributed by atoms with Crippen molar-refractivity contribution in [2.24, 2.45) is 5.84 Å². The summed E-state index contributed by atoms with van der Waals surface area (Å²) in [5.74, 6) is 5.48. The van der Waals surface area contributed by atoms with Crippen molar-refractivity contribution in [1.29, 1.82) is 0 Å². The molecular formula is C11H18ClN3O. The van der Waals surface area contributed by atoms with Gasteiger partial charge in [-0.25, -0.2) is 0 Å². The highest BCUT2D eigenvalue weighted by Crippen LogP contribution is 2.23. The van der Waals surface area contributed by atoms with Gasteiger partial charge in [-0.05, 0) is 24.1 Å². The lowest BCUT2D eigenvalue weighted by atomic mass is 10.1. The van der Waals surface area contributed by atoms with Crippen molar-refractivity contribution in [2.75, 3.05) is 18.9 Å². The number of hydrogen-bond donors (Lipinski definition) is 3. The van der Waals surface area contributed by atoms with E-state index in [0.717, 1.165) is 12.0 Å². The van der Waals surface area contributed by atoms with Crippen LogP contribution >= 0.6 is 11.6 Å². The molecule has 4 nitrogen and oxygen atoms in total. The van der Waals surface area contributed by atoms with Crippen molar-refractivity contribution >= 4 is 17.3 Å². The SMILES string of the molecule is CCCOCC(NN)c1ccc(Cl)cc1N. The van der Waals surface area contributed by atoms with Crippen LogP contribution in [0, 0.1) is 0 Å². The Hall–Kier alpha value is -0.810. The highest BCUT2D eigenvalue weighted by molar-refractivity contribution is 6.30. The molecule has 0 heterocycles. The standard InChI is InChI=1S/C11H18ClN3O/c1-2-5-16-7-11(15-14)9-4-3-8(12)6-10(9)13/h3-4,6,11,15H,2,5,7,13-14H2,1H3. The molecule has 0 spiro atoms. The normalized spacial score (nSPS) is 12.7. The number of nitrogens with one attached hydrogen (secondary N) is 1. The summed E-state index contributed by atoms with van der Waals surface area (Å²) < 4.78 is 5.44. The molecule has 0 aliphatic rings. The van der Waals surface area contributed by atoms with Crippen LogP contribution in [0.3, 0.4) is 0 Å². The molecule has 1 aromatic carbocycles. The van der Waals surface area contributed by atoms with Crippen LogP contribution in [-0.2, 0) is 4.74 Å². The summed E-state index contributed by atoms with van der Waals surface area (Å²) >= 11 is 5.83. The number of hydrazine groups is 1. The predicted molar refractivity (Wildman–Crippen MR) is 67.0 cm³/mol. The minimum atomic E-state index is -0.108. The molecule has 1 unspecified atom stereocenters. The summed E-state index contributed by atoms with van der Waals surface area (Å²) in [6, 6.07) is 5.25. The van der Waals surface area contributed by atoms with Gasteiger partial charge in [0, 0.05) is 17.3 Å². The number of halogens is 1. The highest BCUT2D eigenvalue weighted by Gasteiger charge is 2.12. The second kappa shape index (κ2) is 6.70. The van der Waals surface area contributed by atoms with E-state index < -0.39 is 0 Å². The first-order chi connectivity index (χ1) is 7.69. The molecule has 1 atom stereocenters. The van der Waals surface area contributed by atoms with Gasteiger partial charge < -0.3 is 10.5 Å². The summed E-state index contributed by atoms with van der Waals surface area (Å²) in [6.45, 7) is 3.27. The summed E-state index contributed by atoms with van der Waals surface area (Å²) in [5.41, 5.74) is 10.1. The lowest BCUT2D eigenvalue weighted by Crippen LogP contribution is -2.32. The fourth-order valence-electron chi connectivity index (χ4n) is 1.44. The first-order valence-electron chi connectivity index (χ1n) is 5.27. The van der Waals surface area contributed by atoms with Crippen molar-refractivity contribution in [3.8, 4) is 0 Å².